The summed E-state index contributed by atoms with van der Waals surface area (Å²) in [5.74, 6) is 1.78. The molecule has 0 fully saturated rings. The average Bonchev–Trinajstić information content (AvgIpc) is 2.35. The van der Waals surface area contributed by atoms with E-state index in [1.54, 1.807) is 30.3 Å². The van der Waals surface area contributed by atoms with E-state index < -0.39 is 0 Å². The van der Waals surface area contributed by atoms with E-state index in [1.807, 2.05) is 6.92 Å². The Morgan fingerprint density at radius 3 is 2.84 bits per heavy atom. The SMILES string of the molecule is CCOCc1nc(N)cc(Oc2cccc(Cl)c2)n1. The van der Waals surface area contributed by atoms with Crippen molar-refractivity contribution in [3.05, 3.63) is 41.2 Å². The molecular weight excluding hydrogens is 266 g/mol. The Kier molecular flexibility index (Phi) is 4.54. The first kappa shape index (κ1) is 13.6. The van der Waals surface area contributed by atoms with Crippen LogP contribution in [-0.4, -0.2) is 16.6 Å². The van der Waals surface area contributed by atoms with E-state index in [4.69, 9.17) is 26.8 Å². The van der Waals surface area contributed by atoms with E-state index in [0.717, 1.165) is 0 Å². The fourth-order valence-corrected chi connectivity index (χ4v) is 1.63. The van der Waals surface area contributed by atoms with Gasteiger partial charge in [0.1, 0.15) is 18.2 Å². The number of nitrogens with two attached hydrogens (primary N) is 1. The first-order valence-electron chi connectivity index (χ1n) is 5.82. The predicted molar refractivity (Wildman–Crippen MR) is 73.3 cm³/mol. The summed E-state index contributed by atoms with van der Waals surface area (Å²) in [7, 11) is 0. The average molecular weight is 280 g/mol. The zero-order valence-corrected chi connectivity index (χ0v) is 11.2. The quantitative estimate of drug-likeness (QED) is 0.911. The Labute approximate surface area is 116 Å². The van der Waals surface area contributed by atoms with Gasteiger partial charge in [0.05, 0.1) is 0 Å². The molecule has 2 N–H and O–H groups in total. The number of aromatic nitrogens is 2. The van der Waals surface area contributed by atoms with Crippen LogP contribution in [0.2, 0.25) is 5.02 Å². The molecule has 6 heteroatoms. The topological polar surface area (TPSA) is 70.3 Å². The Morgan fingerprint density at radius 1 is 1.26 bits per heavy atom. The van der Waals surface area contributed by atoms with Gasteiger partial charge in [0.15, 0.2) is 5.82 Å². The van der Waals surface area contributed by atoms with Crippen LogP contribution in [0, 0.1) is 0 Å². The van der Waals surface area contributed by atoms with Crippen LogP contribution in [0.15, 0.2) is 30.3 Å². The molecule has 0 unspecified atom stereocenters. The van der Waals surface area contributed by atoms with Crippen molar-refractivity contribution in [2.75, 3.05) is 12.3 Å². The first-order chi connectivity index (χ1) is 9.17. The molecule has 0 aliphatic rings. The second-order valence-electron chi connectivity index (χ2n) is 3.74. The maximum Gasteiger partial charge on any atom is 0.224 e. The minimum atomic E-state index is 0.299. The van der Waals surface area contributed by atoms with Crippen LogP contribution < -0.4 is 10.5 Å². The molecule has 100 valence electrons. The number of benzene rings is 1. The van der Waals surface area contributed by atoms with Crippen molar-refractivity contribution in [1.82, 2.24) is 9.97 Å². The maximum atomic E-state index is 5.88. The maximum absolute atomic E-state index is 5.88. The second-order valence-corrected chi connectivity index (χ2v) is 4.18. The molecule has 0 aliphatic carbocycles. The number of nitrogens with zero attached hydrogens (tertiary/aromatic N) is 2. The highest BCUT2D eigenvalue weighted by molar-refractivity contribution is 6.30. The first-order valence-corrected chi connectivity index (χ1v) is 6.20. The lowest BCUT2D eigenvalue weighted by Gasteiger charge is -2.07. The summed E-state index contributed by atoms with van der Waals surface area (Å²) in [6.45, 7) is 2.78. The van der Waals surface area contributed by atoms with E-state index in [2.05, 4.69) is 9.97 Å². The van der Waals surface area contributed by atoms with Gasteiger partial charge in [-0.1, -0.05) is 17.7 Å². The lowest BCUT2D eigenvalue weighted by molar-refractivity contribution is 0.128. The van der Waals surface area contributed by atoms with Crippen molar-refractivity contribution in [2.45, 2.75) is 13.5 Å². The van der Waals surface area contributed by atoms with Gasteiger partial charge in [-0.3, -0.25) is 0 Å². The minimum Gasteiger partial charge on any atom is -0.439 e. The fourth-order valence-electron chi connectivity index (χ4n) is 1.45. The summed E-state index contributed by atoms with van der Waals surface area (Å²) >= 11 is 5.88. The zero-order chi connectivity index (χ0) is 13.7. The largest absolute Gasteiger partial charge is 0.439 e. The molecule has 1 heterocycles. The molecule has 19 heavy (non-hydrogen) atoms. The van der Waals surface area contributed by atoms with Crippen molar-refractivity contribution >= 4 is 17.4 Å². The van der Waals surface area contributed by atoms with Crippen LogP contribution in [0.3, 0.4) is 0 Å². The molecule has 0 radical (unpaired) electrons. The molecular formula is C13H14ClN3O2. The smallest absolute Gasteiger partial charge is 0.224 e. The highest BCUT2D eigenvalue weighted by Crippen LogP contribution is 2.23. The number of nitrogen functional groups attached to an aromatic ring is 1. The number of ether oxygens (including phenoxy) is 2. The third-order valence-electron chi connectivity index (χ3n) is 2.22. The molecule has 2 aromatic rings. The van der Waals surface area contributed by atoms with Crippen molar-refractivity contribution in [2.24, 2.45) is 0 Å². The zero-order valence-electron chi connectivity index (χ0n) is 10.5. The Balaban J connectivity index is 2.17. The van der Waals surface area contributed by atoms with E-state index in [9.17, 15) is 0 Å². The molecule has 1 aromatic heterocycles. The van der Waals surface area contributed by atoms with E-state index in [1.165, 1.54) is 0 Å². The van der Waals surface area contributed by atoms with Gasteiger partial charge in [-0.15, -0.1) is 0 Å². The highest BCUT2D eigenvalue weighted by atomic mass is 35.5. The molecule has 0 bridgehead atoms. The summed E-state index contributed by atoms with van der Waals surface area (Å²) in [5.41, 5.74) is 5.70. The standard InChI is InChI=1S/C13H14ClN3O2/c1-2-18-8-12-16-11(15)7-13(17-12)19-10-5-3-4-9(14)6-10/h3-7H,2,8H2,1H3,(H2,15,16,17). The molecule has 0 amide bonds. The van der Waals surface area contributed by atoms with Gasteiger partial charge in [0.25, 0.3) is 0 Å². The van der Waals surface area contributed by atoms with Gasteiger partial charge in [-0.25, -0.2) is 4.98 Å². The Bertz CT molecular complexity index is 563. The van der Waals surface area contributed by atoms with Gasteiger partial charge in [0.2, 0.25) is 5.88 Å². The summed E-state index contributed by atoms with van der Waals surface area (Å²) < 4.78 is 10.8. The molecule has 0 spiro atoms. The number of rotatable bonds is 5. The van der Waals surface area contributed by atoms with Crippen LogP contribution >= 0.6 is 11.6 Å². The van der Waals surface area contributed by atoms with Crippen molar-refractivity contribution in [1.29, 1.82) is 0 Å². The molecule has 0 saturated carbocycles. The van der Waals surface area contributed by atoms with Gasteiger partial charge >= 0.3 is 0 Å². The molecule has 1 aromatic carbocycles. The lowest BCUT2D eigenvalue weighted by Crippen LogP contribution is -2.03. The third kappa shape index (κ3) is 4.08. The highest BCUT2D eigenvalue weighted by Gasteiger charge is 2.05. The van der Waals surface area contributed by atoms with Crippen LogP contribution in [0.25, 0.3) is 0 Å². The minimum absolute atomic E-state index is 0.299. The van der Waals surface area contributed by atoms with Crippen LogP contribution in [0.1, 0.15) is 12.7 Å². The molecule has 2 rings (SSSR count). The number of hydrogen-bond donors (Lipinski definition) is 1. The van der Waals surface area contributed by atoms with E-state index in [0.29, 0.717) is 41.5 Å². The van der Waals surface area contributed by atoms with Crippen molar-refractivity contribution in [3.63, 3.8) is 0 Å². The van der Waals surface area contributed by atoms with Gasteiger partial charge in [-0.05, 0) is 25.1 Å². The summed E-state index contributed by atoms with van der Waals surface area (Å²) in [6.07, 6.45) is 0. The number of halogens is 1. The molecule has 5 nitrogen and oxygen atoms in total. The third-order valence-corrected chi connectivity index (χ3v) is 2.46. The number of hydrogen-bond acceptors (Lipinski definition) is 5. The van der Waals surface area contributed by atoms with Gasteiger partial charge in [0, 0.05) is 17.7 Å². The van der Waals surface area contributed by atoms with Crippen molar-refractivity contribution in [3.8, 4) is 11.6 Å². The van der Waals surface area contributed by atoms with Crippen LogP contribution in [-0.2, 0) is 11.3 Å². The van der Waals surface area contributed by atoms with Gasteiger partial charge in [-0.2, -0.15) is 4.98 Å². The molecule has 0 atom stereocenters. The molecule has 0 saturated heterocycles. The Morgan fingerprint density at radius 2 is 2.11 bits per heavy atom. The fraction of sp³-hybridized carbons (Fsp3) is 0.231. The molecule has 0 aliphatic heterocycles. The van der Waals surface area contributed by atoms with Gasteiger partial charge < -0.3 is 15.2 Å². The van der Waals surface area contributed by atoms with Crippen molar-refractivity contribution < 1.29 is 9.47 Å². The lowest BCUT2D eigenvalue weighted by atomic mass is 10.3. The Hall–Kier alpha value is -1.85. The monoisotopic (exact) mass is 279 g/mol. The van der Waals surface area contributed by atoms with E-state index in [-0.39, 0.29) is 0 Å². The van der Waals surface area contributed by atoms with Crippen LogP contribution in [0.4, 0.5) is 5.82 Å². The summed E-state index contributed by atoms with van der Waals surface area (Å²) in [4.78, 5) is 8.28. The van der Waals surface area contributed by atoms with Crippen LogP contribution in [0.5, 0.6) is 11.6 Å². The summed E-state index contributed by atoms with van der Waals surface area (Å²) in [6, 6.07) is 8.59. The normalized spacial score (nSPS) is 10.4. The second kappa shape index (κ2) is 6.36. The summed E-state index contributed by atoms with van der Waals surface area (Å²) in [5, 5.41) is 0.592. The predicted octanol–water partition coefficient (Wildman–Crippen LogP) is 3.04. The van der Waals surface area contributed by atoms with E-state index >= 15 is 0 Å². The number of anilines is 1.